The van der Waals surface area contributed by atoms with Crippen molar-refractivity contribution in [3.8, 4) is 5.82 Å². The summed E-state index contributed by atoms with van der Waals surface area (Å²) >= 11 is 15.5. The summed E-state index contributed by atoms with van der Waals surface area (Å²) in [6.07, 6.45) is 0. The summed E-state index contributed by atoms with van der Waals surface area (Å²) in [7, 11) is 0. The van der Waals surface area contributed by atoms with Crippen molar-refractivity contribution in [1.29, 1.82) is 0 Å². The summed E-state index contributed by atoms with van der Waals surface area (Å²) in [5.74, 6) is 6.16. The van der Waals surface area contributed by atoms with Crippen LogP contribution in [0.25, 0.3) is 5.82 Å². The molecule has 2 heterocycles. The van der Waals surface area contributed by atoms with Crippen molar-refractivity contribution < 1.29 is 0 Å². The van der Waals surface area contributed by atoms with Gasteiger partial charge in [-0.05, 0) is 35.8 Å². The Kier molecular flexibility index (Phi) is 3.82. The molecule has 0 aliphatic rings. The Morgan fingerprint density at radius 1 is 1.33 bits per heavy atom. The number of nitrogens with zero attached hydrogens (tertiary/aromatic N) is 3. The molecule has 2 rings (SSSR count). The van der Waals surface area contributed by atoms with Gasteiger partial charge in [0, 0.05) is 0 Å². The highest BCUT2D eigenvalue weighted by atomic mass is 79.9. The largest absolute Gasteiger partial charge is 0.307 e. The number of rotatable bonds is 2. The third-order valence-corrected chi connectivity index (χ3v) is 4.17. The first kappa shape index (κ1) is 13.6. The summed E-state index contributed by atoms with van der Waals surface area (Å²) < 4.78 is 2.55. The third-order valence-electron chi connectivity index (χ3n) is 2.45. The normalized spacial score (nSPS) is 10.8. The average Bonchev–Trinajstić information content (AvgIpc) is 2.57. The standard InChI is InChI=1S/C10H10BrCl2N5/c1-4-8(11)5(2)18(17-4)10-7(13)3-6(12)9(15-10)16-14/h3H,14H2,1-2H3,(H,15,16). The van der Waals surface area contributed by atoms with E-state index in [1.165, 1.54) is 0 Å². The van der Waals surface area contributed by atoms with E-state index in [0.29, 0.717) is 21.7 Å². The van der Waals surface area contributed by atoms with Crippen LogP contribution in [-0.4, -0.2) is 14.8 Å². The number of halogens is 3. The first-order chi connectivity index (χ1) is 8.45. The van der Waals surface area contributed by atoms with Gasteiger partial charge >= 0.3 is 0 Å². The Labute approximate surface area is 122 Å². The lowest BCUT2D eigenvalue weighted by Gasteiger charge is -2.09. The molecule has 5 nitrogen and oxygen atoms in total. The van der Waals surface area contributed by atoms with Crippen LogP contribution in [0.5, 0.6) is 0 Å². The van der Waals surface area contributed by atoms with E-state index in [2.05, 4.69) is 31.4 Å². The highest BCUT2D eigenvalue weighted by molar-refractivity contribution is 9.10. The van der Waals surface area contributed by atoms with Crippen LogP contribution in [0.2, 0.25) is 10.0 Å². The Bertz CT molecular complexity index is 611. The first-order valence-electron chi connectivity index (χ1n) is 5.00. The molecule has 2 aromatic heterocycles. The van der Waals surface area contributed by atoms with Gasteiger partial charge in [-0.25, -0.2) is 15.5 Å². The molecule has 0 amide bonds. The molecule has 8 heteroatoms. The molecule has 2 aromatic rings. The summed E-state index contributed by atoms with van der Waals surface area (Å²) in [4.78, 5) is 4.26. The van der Waals surface area contributed by atoms with Crippen LogP contribution < -0.4 is 11.3 Å². The fourth-order valence-corrected chi connectivity index (χ4v) is 2.28. The minimum Gasteiger partial charge on any atom is -0.307 e. The summed E-state index contributed by atoms with van der Waals surface area (Å²) in [6.45, 7) is 3.80. The molecule has 0 saturated carbocycles. The Balaban J connectivity index is 2.67. The highest BCUT2D eigenvalue weighted by Crippen LogP contribution is 2.30. The van der Waals surface area contributed by atoms with Crippen LogP contribution in [0.1, 0.15) is 11.4 Å². The molecule has 0 fully saturated rings. The summed E-state index contributed by atoms with van der Waals surface area (Å²) in [6, 6.07) is 1.57. The van der Waals surface area contributed by atoms with Crippen molar-refractivity contribution in [3.63, 3.8) is 0 Å². The number of anilines is 1. The Hall–Kier alpha value is -0.820. The van der Waals surface area contributed by atoms with E-state index in [0.717, 1.165) is 15.9 Å². The quantitative estimate of drug-likeness (QED) is 0.644. The van der Waals surface area contributed by atoms with Gasteiger partial charge in [0.25, 0.3) is 0 Å². The van der Waals surface area contributed by atoms with E-state index in [9.17, 15) is 0 Å². The molecule has 3 N–H and O–H groups in total. The van der Waals surface area contributed by atoms with Gasteiger partial charge in [0.1, 0.15) is 0 Å². The molecule has 0 aliphatic heterocycles. The maximum atomic E-state index is 6.13. The van der Waals surface area contributed by atoms with E-state index < -0.39 is 0 Å². The van der Waals surface area contributed by atoms with E-state index in [-0.39, 0.29) is 0 Å². The summed E-state index contributed by atoms with van der Waals surface area (Å²) in [5, 5.41) is 5.11. The molecule has 0 aromatic carbocycles. The number of aromatic nitrogens is 3. The van der Waals surface area contributed by atoms with Crippen molar-refractivity contribution in [2.75, 3.05) is 5.43 Å². The highest BCUT2D eigenvalue weighted by Gasteiger charge is 2.16. The number of hydrogen-bond acceptors (Lipinski definition) is 4. The molecule has 0 atom stereocenters. The third kappa shape index (κ3) is 2.21. The number of hydrogen-bond donors (Lipinski definition) is 2. The smallest absolute Gasteiger partial charge is 0.174 e. The predicted molar refractivity (Wildman–Crippen MR) is 76.4 cm³/mol. The molecule has 0 radical (unpaired) electrons. The number of nitrogen functional groups attached to an aromatic ring is 1. The number of nitrogens with two attached hydrogens (primary N) is 1. The van der Waals surface area contributed by atoms with Crippen molar-refractivity contribution >= 4 is 44.9 Å². The molecule has 0 saturated heterocycles. The van der Waals surface area contributed by atoms with Crippen LogP contribution in [-0.2, 0) is 0 Å². The fraction of sp³-hybridized carbons (Fsp3) is 0.200. The number of pyridine rings is 1. The lowest BCUT2D eigenvalue weighted by Crippen LogP contribution is -2.12. The molecule has 96 valence electrons. The second-order valence-electron chi connectivity index (χ2n) is 3.67. The van der Waals surface area contributed by atoms with Crippen LogP contribution in [0, 0.1) is 13.8 Å². The molecule has 18 heavy (non-hydrogen) atoms. The fourth-order valence-electron chi connectivity index (χ4n) is 1.54. The number of nitrogens with one attached hydrogen (secondary N) is 1. The van der Waals surface area contributed by atoms with Crippen LogP contribution in [0.15, 0.2) is 10.5 Å². The minimum absolute atomic E-state index is 0.347. The molecular formula is C10H10BrCl2N5. The number of aryl methyl sites for hydroxylation is 1. The molecular weight excluding hydrogens is 341 g/mol. The Morgan fingerprint density at radius 3 is 2.50 bits per heavy atom. The zero-order chi connectivity index (χ0) is 13.4. The second kappa shape index (κ2) is 5.05. The first-order valence-corrected chi connectivity index (χ1v) is 6.55. The zero-order valence-electron chi connectivity index (χ0n) is 9.63. The van der Waals surface area contributed by atoms with Gasteiger partial charge < -0.3 is 5.43 Å². The van der Waals surface area contributed by atoms with Gasteiger partial charge in [0.2, 0.25) is 0 Å². The van der Waals surface area contributed by atoms with Gasteiger partial charge in [0.15, 0.2) is 11.6 Å². The molecule has 0 aliphatic carbocycles. The van der Waals surface area contributed by atoms with Gasteiger partial charge in [-0.2, -0.15) is 5.10 Å². The van der Waals surface area contributed by atoms with E-state index in [4.69, 9.17) is 29.0 Å². The van der Waals surface area contributed by atoms with E-state index >= 15 is 0 Å². The van der Waals surface area contributed by atoms with Crippen molar-refractivity contribution in [3.05, 3.63) is 32.0 Å². The van der Waals surface area contributed by atoms with Crippen molar-refractivity contribution in [2.45, 2.75) is 13.8 Å². The summed E-state index contributed by atoms with van der Waals surface area (Å²) in [5.41, 5.74) is 4.16. The monoisotopic (exact) mass is 349 g/mol. The van der Waals surface area contributed by atoms with Crippen LogP contribution in [0.3, 0.4) is 0 Å². The SMILES string of the molecule is Cc1nn(-c2nc(NN)c(Cl)cc2Cl)c(C)c1Br. The predicted octanol–water partition coefficient (Wildman–Crippen LogP) is 3.24. The number of hydrazine groups is 1. The van der Waals surface area contributed by atoms with Crippen molar-refractivity contribution in [1.82, 2.24) is 14.8 Å². The molecule has 0 spiro atoms. The van der Waals surface area contributed by atoms with Gasteiger partial charge in [-0.15, -0.1) is 0 Å². The zero-order valence-corrected chi connectivity index (χ0v) is 12.7. The topological polar surface area (TPSA) is 68.8 Å². The maximum Gasteiger partial charge on any atom is 0.174 e. The van der Waals surface area contributed by atoms with Gasteiger partial charge in [0.05, 0.1) is 25.9 Å². The van der Waals surface area contributed by atoms with Crippen LogP contribution in [0.4, 0.5) is 5.82 Å². The second-order valence-corrected chi connectivity index (χ2v) is 5.27. The minimum atomic E-state index is 0.347. The van der Waals surface area contributed by atoms with E-state index in [1.54, 1.807) is 10.7 Å². The lowest BCUT2D eigenvalue weighted by atomic mass is 10.4. The van der Waals surface area contributed by atoms with Gasteiger partial charge in [-0.1, -0.05) is 23.2 Å². The van der Waals surface area contributed by atoms with E-state index in [1.807, 2.05) is 13.8 Å². The molecule has 0 bridgehead atoms. The lowest BCUT2D eigenvalue weighted by molar-refractivity contribution is 0.806. The van der Waals surface area contributed by atoms with Crippen LogP contribution >= 0.6 is 39.1 Å². The maximum absolute atomic E-state index is 6.13. The molecule has 0 unspecified atom stereocenters. The average molecular weight is 351 g/mol. The Morgan fingerprint density at radius 2 is 2.00 bits per heavy atom. The van der Waals surface area contributed by atoms with Crippen molar-refractivity contribution in [2.24, 2.45) is 5.84 Å². The van der Waals surface area contributed by atoms with Gasteiger partial charge in [-0.3, -0.25) is 0 Å².